The molecule has 8 bridgehead atoms. The Balaban J connectivity index is 1.07. The van der Waals surface area contributed by atoms with Crippen LogP contribution in [0.5, 0.6) is 0 Å². The summed E-state index contributed by atoms with van der Waals surface area (Å²) in [6.45, 7) is 0. The minimum atomic E-state index is 0.244. The summed E-state index contributed by atoms with van der Waals surface area (Å²) in [5, 5.41) is 5.41. The van der Waals surface area contributed by atoms with E-state index < -0.39 is 0 Å². The summed E-state index contributed by atoms with van der Waals surface area (Å²) in [7, 11) is 0. The minimum Gasteiger partial charge on any atom is -0.0794 e. The molecule has 54 heavy (non-hydrogen) atoms. The third kappa shape index (κ3) is 3.38. The topological polar surface area (TPSA) is 0 Å². The first-order chi connectivity index (χ1) is 26.8. The molecule has 18 rings (SSSR count). The summed E-state index contributed by atoms with van der Waals surface area (Å²) in [5.74, 6) is 2.13. The van der Waals surface area contributed by atoms with Crippen molar-refractivity contribution in [2.75, 3.05) is 0 Å². The molecule has 8 atom stereocenters. The first-order valence-electron chi connectivity index (χ1n) is 20.0. The number of fused-ring (bicyclic) bond motifs is 2. The van der Waals surface area contributed by atoms with Crippen LogP contribution >= 0.6 is 0 Å². The zero-order chi connectivity index (χ0) is 34.8. The van der Waals surface area contributed by atoms with E-state index in [0.29, 0.717) is 0 Å². The van der Waals surface area contributed by atoms with Gasteiger partial charge >= 0.3 is 0 Å². The lowest BCUT2D eigenvalue weighted by molar-refractivity contribution is 0.520. The van der Waals surface area contributed by atoms with Crippen LogP contribution in [0.4, 0.5) is 0 Å². The van der Waals surface area contributed by atoms with Gasteiger partial charge in [-0.05, 0) is 99.4 Å². The van der Waals surface area contributed by atoms with Crippen molar-refractivity contribution in [2.45, 2.75) is 47.3 Å². The number of hydrogen-bond donors (Lipinski definition) is 0. The molecular weight excluding hydrogens is 649 g/mol. The maximum absolute atomic E-state index is 2.76. The van der Waals surface area contributed by atoms with Crippen molar-refractivity contribution in [1.29, 1.82) is 0 Å². The Hall–Kier alpha value is -5.98. The predicted octanol–water partition coefficient (Wildman–Crippen LogP) is 12.9. The summed E-state index contributed by atoms with van der Waals surface area (Å²) >= 11 is 0. The molecule has 0 spiro atoms. The van der Waals surface area contributed by atoms with Gasteiger partial charge in [0.2, 0.25) is 0 Å². The Kier molecular flexibility index (Phi) is 5.26. The van der Waals surface area contributed by atoms with Crippen LogP contribution in [0.2, 0.25) is 0 Å². The smallest absolute Gasteiger partial charge is 0.0205 e. The average molecular weight is 685 g/mol. The molecule has 10 aliphatic carbocycles. The molecule has 0 amide bonds. The van der Waals surface area contributed by atoms with Crippen molar-refractivity contribution in [1.82, 2.24) is 0 Å². The van der Waals surface area contributed by atoms with Gasteiger partial charge in [-0.1, -0.05) is 170 Å². The lowest BCUT2D eigenvalue weighted by atomic mass is 9.51. The first kappa shape index (κ1) is 28.5. The summed E-state index contributed by atoms with van der Waals surface area (Å²) in [5.41, 5.74) is 21.6. The van der Waals surface area contributed by atoms with E-state index in [0.717, 1.165) is 0 Å². The monoisotopic (exact) mass is 684 g/mol. The number of hydrogen-bond acceptors (Lipinski definition) is 0. The zero-order valence-corrected chi connectivity index (χ0v) is 29.8. The van der Waals surface area contributed by atoms with Gasteiger partial charge in [-0.25, -0.2) is 0 Å². The van der Waals surface area contributed by atoms with Gasteiger partial charge in [0.25, 0.3) is 0 Å². The maximum atomic E-state index is 2.76. The van der Waals surface area contributed by atoms with Crippen LogP contribution in [-0.2, 0) is 0 Å². The van der Waals surface area contributed by atoms with E-state index in [-0.39, 0.29) is 47.3 Å². The Bertz CT molecular complexity index is 2810. The fraction of sp³-hybridized carbons (Fsp3) is 0.148. The highest BCUT2D eigenvalue weighted by molar-refractivity contribution is 5.87. The molecule has 0 fully saturated rings. The molecule has 0 N–H and O–H groups in total. The van der Waals surface area contributed by atoms with Crippen LogP contribution in [0.1, 0.15) is 125 Å². The second-order valence-corrected chi connectivity index (χ2v) is 17.0. The van der Waals surface area contributed by atoms with E-state index in [2.05, 4.69) is 170 Å². The molecule has 8 aromatic rings. The van der Waals surface area contributed by atoms with Crippen molar-refractivity contribution in [3.05, 3.63) is 248 Å². The highest BCUT2D eigenvalue weighted by Gasteiger charge is 2.52. The highest BCUT2D eigenvalue weighted by Crippen LogP contribution is 2.67. The van der Waals surface area contributed by atoms with E-state index in [1.165, 1.54) is 77.2 Å². The normalized spacial score (nSPS) is 26.4. The molecule has 10 aliphatic rings. The highest BCUT2D eigenvalue weighted by atomic mass is 14.5. The fourth-order valence-corrected chi connectivity index (χ4v) is 12.9. The Morgan fingerprint density at radius 2 is 0.444 bits per heavy atom. The third-order valence-corrected chi connectivity index (χ3v) is 14.8. The van der Waals surface area contributed by atoms with Gasteiger partial charge in [-0.3, -0.25) is 0 Å². The molecule has 252 valence electrons. The number of allylic oxidation sites excluding steroid dienone is 2. The summed E-state index contributed by atoms with van der Waals surface area (Å²) < 4.78 is 0. The van der Waals surface area contributed by atoms with Crippen molar-refractivity contribution in [3.63, 3.8) is 0 Å². The summed E-state index contributed by atoms with van der Waals surface area (Å²) in [6, 6.07) is 62.3. The zero-order valence-electron chi connectivity index (χ0n) is 29.8. The summed E-state index contributed by atoms with van der Waals surface area (Å²) in [4.78, 5) is 0. The van der Waals surface area contributed by atoms with Crippen molar-refractivity contribution < 1.29 is 0 Å². The Morgan fingerprint density at radius 1 is 0.204 bits per heavy atom. The van der Waals surface area contributed by atoms with Crippen LogP contribution in [0.3, 0.4) is 0 Å². The molecule has 0 saturated carbocycles. The van der Waals surface area contributed by atoms with Crippen molar-refractivity contribution in [3.8, 4) is 0 Å². The largest absolute Gasteiger partial charge is 0.0794 e. The van der Waals surface area contributed by atoms with Crippen LogP contribution in [-0.4, -0.2) is 0 Å². The van der Waals surface area contributed by atoms with Gasteiger partial charge in [-0.2, -0.15) is 0 Å². The minimum absolute atomic E-state index is 0.244. The van der Waals surface area contributed by atoms with Gasteiger partial charge in [0.15, 0.2) is 0 Å². The lowest BCUT2D eigenvalue weighted by Gasteiger charge is -2.52. The predicted molar refractivity (Wildman–Crippen MR) is 219 cm³/mol. The van der Waals surface area contributed by atoms with E-state index in [4.69, 9.17) is 0 Å². The quantitative estimate of drug-likeness (QED) is 0.140. The number of benzene rings is 8. The fourth-order valence-electron chi connectivity index (χ4n) is 12.9. The van der Waals surface area contributed by atoms with E-state index in [1.54, 1.807) is 22.3 Å². The van der Waals surface area contributed by atoms with Gasteiger partial charge in [0.1, 0.15) is 0 Å². The first-order valence-corrected chi connectivity index (χ1v) is 20.0. The second-order valence-electron chi connectivity index (χ2n) is 17.0. The van der Waals surface area contributed by atoms with E-state index >= 15 is 0 Å². The third-order valence-electron chi connectivity index (χ3n) is 14.8. The Morgan fingerprint density at radius 3 is 0.759 bits per heavy atom. The second kappa shape index (κ2) is 9.95. The molecule has 0 saturated heterocycles. The molecule has 0 nitrogen and oxygen atoms in total. The molecule has 0 radical (unpaired) electrons. The van der Waals surface area contributed by atoms with Crippen LogP contribution in [0.25, 0.3) is 21.5 Å². The van der Waals surface area contributed by atoms with Gasteiger partial charge in [0.05, 0.1) is 0 Å². The van der Waals surface area contributed by atoms with Crippen LogP contribution < -0.4 is 0 Å². The van der Waals surface area contributed by atoms with Crippen molar-refractivity contribution >= 4 is 21.5 Å². The maximum Gasteiger partial charge on any atom is 0.0205 e. The number of rotatable bonds is 0. The Labute approximate surface area is 315 Å². The summed E-state index contributed by atoms with van der Waals surface area (Å²) in [6.07, 6.45) is 5.23. The lowest BCUT2D eigenvalue weighted by Crippen LogP contribution is -2.37. The van der Waals surface area contributed by atoms with Crippen molar-refractivity contribution in [2.24, 2.45) is 0 Å². The molecule has 0 aromatic heterocycles. The van der Waals surface area contributed by atoms with Crippen LogP contribution in [0, 0.1) is 0 Å². The van der Waals surface area contributed by atoms with Crippen LogP contribution in [0.15, 0.2) is 170 Å². The molecule has 0 heteroatoms. The standard InChI is InChI=1S/C54H36/c1-2-12-30-24-44-43(23-29(30)11-1)49-33-15-5-6-16-34(33)50(44)40-22-21-39(49)41-27-47-48(28-42(40)41)54-38-20-10-9-19-37(38)53(47)51-35-17-7-8-18-36(35)52(54)46-26-32-14-4-3-13-31(32)25-45(46)51/h1-28,39-40,49-54H. The molecule has 8 unspecified atom stereocenters. The van der Waals surface area contributed by atoms with Gasteiger partial charge in [0, 0.05) is 47.3 Å². The van der Waals surface area contributed by atoms with Gasteiger partial charge < -0.3 is 0 Å². The molecule has 0 aliphatic heterocycles. The van der Waals surface area contributed by atoms with E-state index in [9.17, 15) is 0 Å². The molecular formula is C54H36. The van der Waals surface area contributed by atoms with Gasteiger partial charge in [-0.15, -0.1) is 0 Å². The molecule has 0 heterocycles. The molecule has 8 aromatic carbocycles. The average Bonchev–Trinajstić information content (AvgIpc) is 3.20. The van der Waals surface area contributed by atoms with E-state index in [1.807, 2.05) is 0 Å². The SMILES string of the molecule is C1=CC2c3cc4c(cc3C1C1c3ccccc3C2c2cc3ccccc3cc21)C1c2ccccc2C4C2c3ccccc3C1c1cc3ccccc3cc12.